The molecule has 3 amide bonds. The molecule has 2 aromatic carbocycles. The maximum absolute atomic E-state index is 12.2. The number of nitrogens with two attached hydrogens (primary N) is 1. The highest BCUT2D eigenvalue weighted by Gasteiger charge is 2.16. The number of methoxy groups -OCH3 is 1. The summed E-state index contributed by atoms with van der Waals surface area (Å²) in [6, 6.07) is 10.4. The molecule has 4 N–H and O–H groups in total. The Morgan fingerprint density at radius 1 is 1.03 bits per heavy atom. The molecule has 0 saturated carbocycles. The topological polar surface area (TPSA) is 132 Å². The number of nitrogens with one attached hydrogen (secondary N) is 2. The maximum atomic E-state index is 12.2. The van der Waals surface area contributed by atoms with Crippen LogP contribution in [-0.2, 0) is 14.4 Å². The highest BCUT2D eigenvalue weighted by molar-refractivity contribution is 6.39. The maximum Gasteiger partial charge on any atom is 0.329 e. The number of rotatable bonds is 7. The summed E-state index contributed by atoms with van der Waals surface area (Å²) < 4.78 is 10.5. The van der Waals surface area contributed by atoms with Gasteiger partial charge >= 0.3 is 11.8 Å². The first-order chi connectivity index (χ1) is 14.2. The lowest BCUT2D eigenvalue weighted by Crippen LogP contribution is -2.33. The molecule has 30 heavy (non-hydrogen) atoms. The number of carbonyl (C=O) groups excluding carboxylic acids is 3. The molecule has 2 aromatic rings. The summed E-state index contributed by atoms with van der Waals surface area (Å²) in [5.74, 6) is -1.63. The molecule has 0 aliphatic heterocycles. The number of nitrogens with zero attached hydrogens (tertiary/aromatic N) is 1. The average Bonchev–Trinajstić information content (AvgIpc) is 2.72. The molecule has 0 fully saturated rings. The monoisotopic (exact) mass is 412 g/mol. The lowest BCUT2D eigenvalue weighted by molar-refractivity contribution is -0.136. The highest BCUT2D eigenvalue weighted by atomic mass is 16.5. The van der Waals surface area contributed by atoms with E-state index in [1.165, 1.54) is 7.11 Å². The average molecular weight is 412 g/mol. The molecule has 0 heterocycles. The zero-order valence-corrected chi connectivity index (χ0v) is 17.2. The van der Waals surface area contributed by atoms with Crippen LogP contribution in [0.2, 0.25) is 0 Å². The third-order valence-electron chi connectivity index (χ3n) is 4.20. The number of ether oxygens (including phenoxy) is 2. The Morgan fingerprint density at radius 3 is 2.30 bits per heavy atom. The molecular weight excluding hydrogens is 388 g/mol. The van der Waals surface area contributed by atoms with Crippen molar-refractivity contribution >= 4 is 29.1 Å². The standard InChI is InChI=1S/C21H24N4O5/c1-12-6-5-7-13(2)19(12)23-20(27)21(28)25-24-14(3)15-8-9-16(17(10-15)29-4)30-11-18(22)26/h5-10H,11H2,1-4H3,(H2,22,26)(H,23,27)(H,25,28)/b24-14+. The molecular formula is C21H24N4O5. The summed E-state index contributed by atoms with van der Waals surface area (Å²) in [5, 5.41) is 6.56. The van der Waals surface area contributed by atoms with Crippen LogP contribution in [0.15, 0.2) is 41.5 Å². The fourth-order valence-corrected chi connectivity index (χ4v) is 2.59. The second-order valence-corrected chi connectivity index (χ2v) is 6.48. The van der Waals surface area contributed by atoms with Gasteiger partial charge in [-0.25, -0.2) is 5.43 Å². The Labute approximate surface area is 174 Å². The van der Waals surface area contributed by atoms with Crippen molar-refractivity contribution in [1.82, 2.24) is 5.43 Å². The van der Waals surface area contributed by atoms with Crippen molar-refractivity contribution in [3.8, 4) is 11.5 Å². The van der Waals surface area contributed by atoms with E-state index < -0.39 is 17.7 Å². The molecule has 158 valence electrons. The van der Waals surface area contributed by atoms with Gasteiger partial charge in [-0.15, -0.1) is 0 Å². The van der Waals surface area contributed by atoms with E-state index >= 15 is 0 Å². The van der Waals surface area contributed by atoms with Crippen LogP contribution in [0.4, 0.5) is 5.69 Å². The number of para-hydroxylation sites is 1. The number of benzene rings is 2. The number of carbonyl (C=O) groups is 3. The van der Waals surface area contributed by atoms with Gasteiger partial charge in [-0.3, -0.25) is 14.4 Å². The van der Waals surface area contributed by atoms with E-state index in [9.17, 15) is 14.4 Å². The van der Waals surface area contributed by atoms with Gasteiger partial charge in [0.2, 0.25) is 0 Å². The molecule has 0 bridgehead atoms. The molecule has 0 unspecified atom stereocenters. The third-order valence-corrected chi connectivity index (χ3v) is 4.20. The molecule has 9 heteroatoms. The minimum absolute atomic E-state index is 0.283. The van der Waals surface area contributed by atoms with Gasteiger partial charge in [-0.2, -0.15) is 5.10 Å². The first kappa shape index (κ1) is 22.4. The Balaban J connectivity index is 2.07. The van der Waals surface area contributed by atoms with Crippen molar-refractivity contribution in [1.29, 1.82) is 0 Å². The van der Waals surface area contributed by atoms with E-state index in [0.29, 0.717) is 28.5 Å². The molecule has 2 rings (SSSR count). The molecule has 0 saturated heterocycles. The summed E-state index contributed by atoms with van der Waals surface area (Å²) in [6.45, 7) is 5.05. The zero-order valence-electron chi connectivity index (χ0n) is 17.2. The number of aryl methyl sites for hydroxylation is 2. The van der Waals surface area contributed by atoms with Gasteiger partial charge in [0.15, 0.2) is 18.1 Å². The van der Waals surface area contributed by atoms with Crippen LogP contribution in [0.3, 0.4) is 0 Å². The summed E-state index contributed by atoms with van der Waals surface area (Å²) in [7, 11) is 1.45. The predicted molar refractivity (Wildman–Crippen MR) is 113 cm³/mol. The largest absolute Gasteiger partial charge is 0.493 e. The van der Waals surface area contributed by atoms with Gasteiger partial charge in [0.25, 0.3) is 5.91 Å². The van der Waals surface area contributed by atoms with Crippen molar-refractivity contribution in [2.75, 3.05) is 19.0 Å². The molecule has 0 aliphatic carbocycles. The van der Waals surface area contributed by atoms with Crippen LogP contribution in [0, 0.1) is 13.8 Å². The van der Waals surface area contributed by atoms with Gasteiger partial charge < -0.3 is 20.5 Å². The van der Waals surface area contributed by atoms with Crippen molar-refractivity contribution in [2.45, 2.75) is 20.8 Å². The number of hydrogen-bond acceptors (Lipinski definition) is 6. The Hall–Kier alpha value is -3.88. The Morgan fingerprint density at radius 2 is 1.70 bits per heavy atom. The minimum Gasteiger partial charge on any atom is -0.493 e. The first-order valence-electron chi connectivity index (χ1n) is 9.04. The highest BCUT2D eigenvalue weighted by Crippen LogP contribution is 2.28. The van der Waals surface area contributed by atoms with Gasteiger partial charge in [0.1, 0.15) is 0 Å². The Bertz CT molecular complexity index is 981. The summed E-state index contributed by atoms with van der Waals surface area (Å²) >= 11 is 0. The lowest BCUT2D eigenvalue weighted by Gasteiger charge is -2.12. The lowest BCUT2D eigenvalue weighted by atomic mass is 10.1. The fraction of sp³-hybridized carbons (Fsp3) is 0.238. The molecule has 0 aromatic heterocycles. The van der Waals surface area contributed by atoms with Gasteiger partial charge in [0, 0.05) is 11.3 Å². The fourth-order valence-electron chi connectivity index (χ4n) is 2.59. The number of anilines is 1. The molecule has 0 atom stereocenters. The van der Waals surface area contributed by atoms with Crippen LogP contribution < -0.4 is 25.9 Å². The zero-order chi connectivity index (χ0) is 22.3. The predicted octanol–water partition coefficient (Wildman–Crippen LogP) is 1.66. The van der Waals surface area contributed by atoms with Gasteiger partial charge in [-0.1, -0.05) is 18.2 Å². The number of hydrazone groups is 1. The minimum atomic E-state index is -0.898. The number of amides is 3. The smallest absolute Gasteiger partial charge is 0.329 e. The SMILES string of the molecule is COc1cc(/C(C)=N/NC(=O)C(=O)Nc2c(C)cccc2C)ccc1OCC(N)=O. The summed E-state index contributed by atoms with van der Waals surface area (Å²) in [6.07, 6.45) is 0. The van der Waals surface area contributed by atoms with E-state index in [4.69, 9.17) is 15.2 Å². The van der Waals surface area contributed by atoms with Crippen LogP contribution in [-0.4, -0.2) is 37.1 Å². The van der Waals surface area contributed by atoms with Crippen LogP contribution in [0.5, 0.6) is 11.5 Å². The van der Waals surface area contributed by atoms with Crippen LogP contribution >= 0.6 is 0 Å². The number of hydrogen-bond donors (Lipinski definition) is 3. The van der Waals surface area contributed by atoms with E-state index in [1.807, 2.05) is 32.0 Å². The first-order valence-corrected chi connectivity index (χ1v) is 9.04. The van der Waals surface area contributed by atoms with Crippen molar-refractivity contribution < 1.29 is 23.9 Å². The van der Waals surface area contributed by atoms with Gasteiger partial charge in [0.05, 0.1) is 12.8 Å². The summed E-state index contributed by atoms with van der Waals surface area (Å²) in [5.41, 5.74) is 10.6. The van der Waals surface area contributed by atoms with Crippen LogP contribution in [0.1, 0.15) is 23.6 Å². The third kappa shape index (κ3) is 5.81. The summed E-state index contributed by atoms with van der Waals surface area (Å²) in [4.78, 5) is 35.2. The van der Waals surface area contributed by atoms with Crippen molar-refractivity contribution in [3.05, 3.63) is 53.1 Å². The van der Waals surface area contributed by atoms with E-state index in [2.05, 4.69) is 15.8 Å². The number of primary amides is 1. The molecule has 0 aliphatic rings. The van der Waals surface area contributed by atoms with Crippen molar-refractivity contribution in [3.63, 3.8) is 0 Å². The van der Waals surface area contributed by atoms with E-state index in [-0.39, 0.29) is 6.61 Å². The van der Waals surface area contributed by atoms with Crippen molar-refractivity contribution in [2.24, 2.45) is 10.8 Å². The molecule has 0 spiro atoms. The molecule has 9 nitrogen and oxygen atoms in total. The van der Waals surface area contributed by atoms with E-state index in [0.717, 1.165) is 11.1 Å². The van der Waals surface area contributed by atoms with E-state index in [1.54, 1.807) is 25.1 Å². The second-order valence-electron chi connectivity index (χ2n) is 6.48. The van der Waals surface area contributed by atoms with Crippen LogP contribution in [0.25, 0.3) is 0 Å². The second kappa shape index (κ2) is 10.1. The molecule has 0 radical (unpaired) electrons. The van der Waals surface area contributed by atoms with Gasteiger partial charge in [-0.05, 0) is 50.1 Å². The normalized spacial score (nSPS) is 10.9. The quantitative estimate of drug-likeness (QED) is 0.361. The Kier molecular flexibility index (Phi) is 7.51.